The SMILES string of the molecule is C=C(C(=O)OC)C1CCCCN1C(C)C. The molecular formula is C12H21NO2. The van der Waals surface area contributed by atoms with Crippen molar-refractivity contribution in [1.29, 1.82) is 0 Å². The fourth-order valence-corrected chi connectivity index (χ4v) is 2.21. The molecule has 0 aliphatic carbocycles. The van der Waals surface area contributed by atoms with Crippen LogP contribution in [0.5, 0.6) is 0 Å². The van der Waals surface area contributed by atoms with Crippen LogP contribution in [0.2, 0.25) is 0 Å². The molecule has 1 unspecified atom stereocenters. The van der Waals surface area contributed by atoms with Crippen molar-refractivity contribution >= 4 is 5.97 Å². The minimum atomic E-state index is -0.271. The van der Waals surface area contributed by atoms with Crippen LogP contribution in [-0.4, -0.2) is 36.6 Å². The van der Waals surface area contributed by atoms with Gasteiger partial charge in [0.1, 0.15) is 0 Å². The van der Waals surface area contributed by atoms with Gasteiger partial charge in [0.05, 0.1) is 7.11 Å². The number of esters is 1. The van der Waals surface area contributed by atoms with Gasteiger partial charge in [-0.15, -0.1) is 0 Å². The maximum Gasteiger partial charge on any atom is 0.334 e. The van der Waals surface area contributed by atoms with E-state index in [4.69, 9.17) is 4.74 Å². The summed E-state index contributed by atoms with van der Waals surface area (Å²) in [7, 11) is 1.41. The molecule has 1 saturated heterocycles. The molecule has 0 amide bonds. The lowest BCUT2D eigenvalue weighted by Crippen LogP contribution is -2.46. The first-order chi connectivity index (χ1) is 7.07. The molecule has 1 aliphatic heterocycles. The molecule has 0 aromatic heterocycles. The van der Waals surface area contributed by atoms with E-state index in [9.17, 15) is 4.79 Å². The van der Waals surface area contributed by atoms with Gasteiger partial charge in [-0.1, -0.05) is 13.0 Å². The lowest BCUT2D eigenvalue weighted by atomic mass is 9.95. The second kappa shape index (κ2) is 5.31. The van der Waals surface area contributed by atoms with E-state index in [-0.39, 0.29) is 12.0 Å². The fraction of sp³-hybridized carbons (Fsp3) is 0.750. The van der Waals surface area contributed by atoms with Crippen molar-refractivity contribution in [2.24, 2.45) is 0 Å². The first-order valence-corrected chi connectivity index (χ1v) is 5.60. The average molecular weight is 211 g/mol. The molecule has 1 fully saturated rings. The molecule has 0 saturated carbocycles. The van der Waals surface area contributed by atoms with Gasteiger partial charge in [0, 0.05) is 17.7 Å². The Balaban J connectivity index is 2.71. The van der Waals surface area contributed by atoms with Crippen LogP contribution in [0.4, 0.5) is 0 Å². The molecule has 3 heteroatoms. The molecule has 0 aromatic rings. The van der Waals surface area contributed by atoms with Crippen LogP contribution < -0.4 is 0 Å². The van der Waals surface area contributed by atoms with Gasteiger partial charge in [-0.3, -0.25) is 4.90 Å². The minimum absolute atomic E-state index is 0.172. The van der Waals surface area contributed by atoms with E-state index in [0.717, 1.165) is 13.0 Å². The summed E-state index contributed by atoms with van der Waals surface area (Å²) >= 11 is 0. The molecule has 1 atom stereocenters. The third-order valence-corrected chi connectivity index (χ3v) is 3.06. The highest BCUT2D eigenvalue weighted by Gasteiger charge is 2.29. The molecule has 86 valence electrons. The van der Waals surface area contributed by atoms with Crippen LogP contribution >= 0.6 is 0 Å². The molecule has 0 N–H and O–H groups in total. The number of methoxy groups -OCH3 is 1. The molecule has 0 aromatic carbocycles. The minimum Gasteiger partial charge on any atom is -0.466 e. The van der Waals surface area contributed by atoms with E-state index in [1.165, 1.54) is 20.0 Å². The number of hydrogen-bond acceptors (Lipinski definition) is 3. The van der Waals surface area contributed by atoms with Gasteiger partial charge in [-0.05, 0) is 33.2 Å². The second-order valence-corrected chi connectivity index (χ2v) is 4.36. The zero-order valence-corrected chi connectivity index (χ0v) is 9.95. The maximum atomic E-state index is 11.4. The standard InChI is InChI=1S/C12H21NO2/c1-9(2)13-8-6-5-7-11(13)10(3)12(14)15-4/h9,11H,3,5-8H2,1-2,4H3. The average Bonchev–Trinajstić information content (AvgIpc) is 2.27. The number of piperidine rings is 1. The molecule has 0 bridgehead atoms. The lowest BCUT2D eigenvalue weighted by Gasteiger charge is -2.38. The Morgan fingerprint density at radius 1 is 1.47 bits per heavy atom. The predicted octanol–water partition coefficient (Wildman–Crippen LogP) is 1.98. The van der Waals surface area contributed by atoms with Crippen molar-refractivity contribution in [3.05, 3.63) is 12.2 Å². The lowest BCUT2D eigenvalue weighted by molar-refractivity contribution is -0.137. The Labute approximate surface area is 92.1 Å². The summed E-state index contributed by atoms with van der Waals surface area (Å²) in [6.07, 6.45) is 3.40. The first-order valence-electron chi connectivity index (χ1n) is 5.60. The normalized spacial score (nSPS) is 22.8. The molecular weight excluding hydrogens is 190 g/mol. The monoisotopic (exact) mass is 211 g/mol. The largest absolute Gasteiger partial charge is 0.466 e. The number of hydrogen-bond donors (Lipinski definition) is 0. The number of likely N-dealkylation sites (tertiary alicyclic amines) is 1. The van der Waals surface area contributed by atoms with Crippen molar-refractivity contribution < 1.29 is 9.53 Å². The Kier molecular flexibility index (Phi) is 4.33. The second-order valence-electron chi connectivity index (χ2n) is 4.36. The van der Waals surface area contributed by atoms with Crippen LogP contribution in [0.25, 0.3) is 0 Å². The first kappa shape index (κ1) is 12.2. The molecule has 1 rings (SSSR count). The van der Waals surface area contributed by atoms with Gasteiger partial charge in [0.15, 0.2) is 0 Å². The molecule has 1 aliphatic rings. The van der Waals surface area contributed by atoms with Gasteiger partial charge in [-0.2, -0.15) is 0 Å². The van der Waals surface area contributed by atoms with Gasteiger partial charge < -0.3 is 4.74 Å². The van der Waals surface area contributed by atoms with Gasteiger partial charge in [-0.25, -0.2) is 4.79 Å². The predicted molar refractivity (Wildman–Crippen MR) is 60.6 cm³/mol. The molecule has 1 heterocycles. The van der Waals surface area contributed by atoms with Crippen LogP contribution in [-0.2, 0) is 9.53 Å². The van der Waals surface area contributed by atoms with Crippen molar-refractivity contribution in [1.82, 2.24) is 4.90 Å². The number of carbonyl (C=O) groups is 1. The summed E-state index contributed by atoms with van der Waals surface area (Å²) in [6, 6.07) is 0.628. The van der Waals surface area contributed by atoms with E-state index >= 15 is 0 Å². The Morgan fingerprint density at radius 3 is 2.67 bits per heavy atom. The van der Waals surface area contributed by atoms with Crippen LogP contribution in [0.3, 0.4) is 0 Å². The summed E-state index contributed by atoms with van der Waals surface area (Å²) in [5.74, 6) is -0.271. The number of nitrogens with zero attached hydrogens (tertiary/aromatic N) is 1. The molecule has 3 nitrogen and oxygen atoms in total. The van der Waals surface area contributed by atoms with Crippen LogP contribution in [0.1, 0.15) is 33.1 Å². The van der Waals surface area contributed by atoms with E-state index in [2.05, 4.69) is 25.3 Å². The third kappa shape index (κ3) is 2.81. The Hall–Kier alpha value is -0.830. The number of ether oxygens (including phenoxy) is 1. The summed E-state index contributed by atoms with van der Waals surface area (Å²) in [6.45, 7) is 9.23. The fourth-order valence-electron chi connectivity index (χ4n) is 2.21. The van der Waals surface area contributed by atoms with E-state index in [1.54, 1.807) is 0 Å². The number of rotatable bonds is 3. The topological polar surface area (TPSA) is 29.5 Å². The van der Waals surface area contributed by atoms with Gasteiger partial charge in [0.2, 0.25) is 0 Å². The molecule has 0 radical (unpaired) electrons. The zero-order valence-electron chi connectivity index (χ0n) is 9.95. The number of carbonyl (C=O) groups excluding carboxylic acids is 1. The summed E-state index contributed by atoms with van der Waals surface area (Å²) in [4.78, 5) is 13.8. The summed E-state index contributed by atoms with van der Waals surface area (Å²) < 4.78 is 4.73. The zero-order chi connectivity index (χ0) is 11.4. The highest BCUT2D eigenvalue weighted by molar-refractivity contribution is 5.89. The maximum absolute atomic E-state index is 11.4. The highest BCUT2D eigenvalue weighted by Crippen LogP contribution is 2.24. The van der Waals surface area contributed by atoms with Crippen LogP contribution in [0, 0.1) is 0 Å². The smallest absolute Gasteiger partial charge is 0.334 e. The summed E-state index contributed by atoms with van der Waals surface area (Å²) in [5.41, 5.74) is 0.603. The van der Waals surface area contributed by atoms with Crippen molar-refractivity contribution in [2.75, 3.05) is 13.7 Å². The van der Waals surface area contributed by atoms with Crippen molar-refractivity contribution in [3.63, 3.8) is 0 Å². The van der Waals surface area contributed by atoms with Crippen LogP contribution in [0.15, 0.2) is 12.2 Å². The Morgan fingerprint density at radius 2 is 2.13 bits per heavy atom. The van der Waals surface area contributed by atoms with Gasteiger partial charge in [0.25, 0.3) is 0 Å². The van der Waals surface area contributed by atoms with Crippen molar-refractivity contribution in [2.45, 2.75) is 45.2 Å². The third-order valence-electron chi connectivity index (χ3n) is 3.06. The molecule has 0 spiro atoms. The Bertz CT molecular complexity index is 248. The quantitative estimate of drug-likeness (QED) is 0.528. The van der Waals surface area contributed by atoms with E-state index in [1.807, 2.05) is 0 Å². The van der Waals surface area contributed by atoms with E-state index < -0.39 is 0 Å². The van der Waals surface area contributed by atoms with E-state index in [0.29, 0.717) is 11.6 Å². The molecule has 15 heavy (non-hydrogen) atoms. The van der Waals surface area contributed by atoms with Gasteiger partial charge >= 0.3 is 5.97 Å². The van der Waals surface area contributed by atoms with Crippen molar-refractivity contribution in [3.8, 4) is 0 Å². The summed E-state index contributed by atoms with van der Waals surface area (Å²) in [5, 5.41) is 0. The highest BCUT2D eigenvalue weighted by atomic mass is 16.5.